The largest absolute Gasteiger partial charge is 0.478 e. The molecule has 1 rings (SSSR count). The molecular weight excluding hydrogens is 202 g/mol. The predicted molar refractivity (Wildman–Crippen MR) is 66.2 cm³/mol. The van der Waals surface area contributed by atoms with Crippen LogP contribution in [0.3, 0.4) is 0 Å². The number of aromatic carboxylic acids is 1. The summed E-state index contributed by atoms with van der Waals surface area (Å²) in [6.07, 6.45) is 0. The van der Waals surface area contributed by atoms with Crippen molar-refractivity contribution >= 4 is 11.7 Å². The number of benzene rings is 1. The molecule has 1 aromatic rings. The highest BCUT2D eigenvalue weighted by Crippen LogP contribution is 2.21. The zero-order valence-electron chi connectivity index (χ0n) is 9.95. The van der Waals surface area contributed by atoms with E-state index in [1.165, 1.54) is 0 Å². The summed E-state index contributed by atoms with van der Waals surface area (Å²) in [5.74, 6) is -0.899. The summed E-state index contributed by atoms with van der Waals surface area (Å²) in [5.41, 5.74) is 3.11. The standard InChI is InChI=1S/C13H17NO2/c1-9(2)8-14(4)12-7-10(3)5-6-11(12)13(15)16/h5-7H,1,8H2,2-4H3,(H,15,16). The number of carboxylic acids is 1. The number of aryl methyl sites for hydroxylation is 1. The Morgan fingerprint density at radius 1 is 1.50 bits per heavy atom. The highest BCUT2D eigenvalue weighted by molar-refractivity contribution is 5.94. The van der Waals surface area contributed by atoms with Gasteiger partial charge in [0.05, 0.1) is 11.3 Å². The first kappa shape index (κ1) is 12.3. The molecule has 0 spiro atoms. The van der Waals surface area contributed by atoms with Gasteiger partial charge in [-0.1, -0.05) is 18.2 Å². The van der Waals surface area contributed by atoms with Gasteiger partial charge in [-0.15, -0.1) is 0 Å². The number of anilines is 1. The van der Waals surface area contributed by atoms with Crippen LogP contribution >= 0.6 is 0 Å². The van der Waals surface area contributed by atoms with Crippen LogP contribution in [0.15, 0.2) is 30.4 Å². The Labute approximate surface area is 96.0 Å². The molecule has 0 radical (unpaired) electrons. The zero-order chi connectivity index (χ0) is 12.3. The Morgan fingerprint density at radius 2 is 2.12 bits per heavy atom. The van der Waals surface area contributed by atoms with Gasteiger partial charge < -0.3 is 10.0 Å². The van der Waals surface area contributed by atoms with E-state index in [9.17, 15) is 4.79 Å². The van der Waals surface area contributed by atoms with E-state index >= 15 is 0 Å². The Morgan fingerprint density at radius 3 is 2.62 bits per heavy atom. The van der Waals surface area contributed by atoms with E-state index in [0.29, 0.717) is 12.1 Å². The molecule has 0 saturated heterocycles. The molecule has 0 aliphatic heterocycles. The van der Waals surface area contributed by atoms with Gasteiger partial charge in [-0.3, -0.25) is 0 Å². The molecule has 0 amide bonds. The fraction of sp³-hybridized carbons (Fsp3) is 0.308. The second-order valence-electron chi connectivity index (χ2n) is 4.14. The second kappa shape index (κ2) is 4.84. The van der Waals surface area contributed by atoms with Crippen LogP contribution in [-0.2, 0) is 0 Å². The van der Waals surface area contributed by atoms with Gasteiger partial charge in [-0.2, -0.15) is 0 Å². The quantitative estimate of drug-likeness (QED) is 0.791. The van der Waals surface area contributed by atoms with E-state index < -0.39 is 5.97 Å². The average Bonchev–Trinajstić information content (AvgIpc) is 2.15. The molecule has 0 aliphatic carbocycles. The number of rotatable bonds is 4. The normalized spacial score (nSPS) is 9.94. The average molecular weight is 219 g/mol. The lowest BCUT2D eigenvalue weighted by Gasteiger charge is -2.21. The first-order valence-corrected chi connectivity index (χ1v) is 5.11. The van der Waals surface area contributed by atoms with E-state index in [1.807, 2.05) is 37.9 Å². The highest BCUT2D eigenvalue weighted by atomic mass is 16.4. The molecule has 3 heteroatoms. The smallest absolute Gasteiger partial charge is 0.337 e. The van der Waals surface area contributed by atoms with Crippen LogP contribution in [0.5, 0.6) is 0 Å². The lowest BCUT2D eigenvalue weighted by atomic mass is 10.1. The van der Waals surface area contributed by atoms with Crippen molar-refractivity contribution < 1.29 is 9.90 Å². The van der Waals surface area contributed by atoms with Gasteiger partial charge in [0.2, 0.25) is 0 Å². The fourth-order valence-corrected chi connectivity index (χ4v) is 1.63. The van der Waals surface area contributed by atoms with Gasteiger partial charge in [0.25, 0.3) is 0 Å². The number of hydrogen-bond acceptors (Lipinski definition) is 2. The Hall–Kier alpha value is -1.77. The van der Waals surface area contributed by atoms with E-state index in [-0.39, 0.29) is 0 Å². The minimum absolute atomic E-state index is 0.328. The second-order valence-corrected chi connectivity index (χ2v) is 4.14. The summed E-state index contributed by atoms with van der Waals surface area (Å²) in [6, 6.07) is 5.33. The molecule has 16 heavy (non-hydrogen) atoms. The minimum atomic E-state index is -0.899. The SMILES string of the molecule is C=C(C)CN(C)c1cc(C)ccc1C(=O)O. The molecule has 1 N–H and O–H groups in total. The molecule has 0 atom stereocenters. The van der Waals surface area contributed by atoms with Crippen molar-refractivity contribution in [2.24, 2.45) is 0 Å². The van der Waals surface area contributed by atoms with E-state index in [0.717, 1.165) is 16.8 Å². The van der Waals surface area contributed by atoms with Gasteiger partial charge >= 0.3 is 5.97 Å². The monoisotopic (exact) mass is 219 g/mol. The topological polar surface area (TPSA) is 40.5 Å². The summed E-state index contributed by atoms with van der Waals surface area (Å²) in [5, 5.41) is 9.09. The Bertz CT molecular complexity index is 424. The molecule has 86 valence electrons. The van der Waals surface area contributed by atoms with Crippen LogP contribution < -0.4 is 4.90 Å². The van der Waals surface area contributed by atoms with Crippen LogP contribution in [0.4, 0.5) is 5.69 Å². The molecule has 0 unspecified atom stereocenters. The first-order chi connectivity index (χ1) is 7.41. The third-order valence-corrected chi connectivity index (χ3v) is 2.30. The van der Waals surface area contributed by atoms with Crippen LogP contribution in [0.2, 0.25) is 0 Å². The Kier molecular flexibility index (Phi) is 3.72. The van der Waals surface area contributed by atoms with Gasteiger partial charge in [-0.25, -0.2) is 4.79 Å². The molecule has 0 fully saturated rings. The highest BCUT2D eigenvalue weighted by Gasteiger charge is 2.13. The maximum atomic E-state index is 11.1. The van der Waals surface area contributed by atoms with E-state index in [2.05, 4.69) is 6.58 Å². The lowest BCUT2D eigenvalue weighted by molar-refractivity contribution is 0.0697. The van der Waals surface area contributed by atoms with Gasteiger partial charge in [0, 0.05) is 13.6 Å². The van der Waals surface area contributed by atoms with Crippen molar-refractivity contribution in [1.82, 2.24) is 0 Å². The summed E-state index contributed by atoms with van der Waals surface area (Å²) < 4.78 is 0. The van der Waals surface area contributed by atoms with Gasteiger partial charge in [0.15, 0.2) is 0 Å². The maximum absolute atomic E-state index is 11.1. The van der Waals surface area contributed by atoms with Crippen LogP contribution in [-0.4, -0.2) is 24.7 Å². The molecule has 1 aromatic carbocycles. The van der Waals surface area contributed by atoms with Crippen molar-refractivity contribution in [1.29, 1.82) is 0 Å². The molecule has 0 aliphatic rings. The van der Waals surface area contributed by atoms with Crippen molar-refractivity contribution in [2.45, 2.75) is 13.8 Å². The summed E-state index contributed by atoms with van der Waals surface area (Å²) >= 11 is 0. The maximum Gasteiger partial charge on any atom is 0.337 e. The molecule has 0 aromatic heterocycles. The van der Waals surface area contributed by atoms with Crippen LogP contribution in [0.25, 0.3) is 0 Å². The third-order valence-electron chi connectivity index (χ3n) is 2.30. The number of likely N-dealkylation sites (N-methyl/N-ethyl adjacent to an activating group) is 1. The molecule has 0 saturated carbocycles. The number of hydrogen-bond donors (Lipinski definition) is 1. The summed E-state index contributed by atoms with van der Waals surface area (Å²) in [4.78, 5) is 13.0. The molecule has 0 heterocycles. The first-order valence-electron chi connectivity index (χ1n) is 5.11. The van der Waals surface area contributed by atoms with E-state index in [1.54, 1.807) is 6.07 Å². The van der Waals surface area contributed by atoms with Crippen molar-refractivity contribution in [3.05, 3.63) is 41.5 Å². The van der Waals surface area contributed by atoms with Gasteiger partial charge in [0.1, 0.15) is 0 Å². The molecular formula is C13H17NO2. The number of carbonyl (C=O) groups is 1. The molecule has 0 bridgehead atoms. The van der Waals surface area contributed by atoms with Crippen LogP contribution in [0, 0.1) is 6.92 Å². The molecule has 3 nitrogen and oxygen atoms in total. The fourth-order valence-electron chi connectivity index (χ4n) is 1.63. The third kappa shape index (κ3) is 2.86. The van der Waals surface area contributed by atoms with Crippen molar-refractivity contribution in [3.8, 4) is 0 Å². The van der Waals surface area contributed by atoms with Crippen molar-refractivity contribution in [3.63, 3.8) is 0 Å². The summed E-state index contributed by atoms with van der Waals surface area (Å²) in [7, 11) is 1.87. The number of carboxylic acid groups (broad SMARTS) is 1. The zero-order valence-corrected chi connectivity index (χ0v) is 9.95. The number of nitrogens with zero attached hydrogens (tertiary/aromatic N) is 1. The Balaban J connectivity index is 3.13. The van der Waals surface area contributed by atoms with Crippen LogP contribution in [0.1, 0.15) is 22.8 Å². The lowest BCUT2D eigenvalue weighted by Crippen LogP contribution is -2.21. The summed E-state index contributed by atoms with van der Waals surface area (Å²) in [6.45, 7) is 8.36. The van der Waals surface area contributed by atoms with E-state index in [4.69, 9.17) is 5.11 Å². The predicted octanol–water partition coefficient (Wildman–Crippen LogP) is 2.71. The van der Waals surface area contributed by atoms with Gasteiger partial charge in [-0.05, 0) is 31.5 Å². The minimum Gasteiger partial charge on any atom is -0.478 e. The van der Waals surface area contributed by atoms with Crippen molar-refractivity contribution in [2.75, 3.05) is 18.5 Å².